The lowest BCUT2D eigenvalue weighted by atomic mass is 10.2. The Morgan fingerprint density at radius 2 is 2.38 bits per heavy atom. The Balaban J connectivity index is 2.68. The first kappa shape index (κ1) is 10.5. The van der Waals surface area contributed by atoms with Gasteiger partial charge in [0.15, 0.2) is 0 Å². The minimum Gasteiger partial charge on any atom is -0.389 e. The fourth-order valence-electron chi connectivity index (χ4n) is 0.970. The van der Waals surface area contributed by atoms with Crippen LogP contribution in [-0.4, -0.2) is 15.8 Å². The van der Waals surface area contributed by atoms with Crippen LogP contribution in [0.15, 0.2) is 23.4 Å². The molecule has 0 spiro atoms. The van der Waals surface area contributed by atoms with Gasteiger partial charge in [0.2, 0.25) is 0 Å². The van der Waals surface area contributed by atoms with Crippen molar-refractivity contribution < 1.29 is 5.11 Å². The molecule has 72 valence electrons. The van der Waals surface area contributed by atoms with Gasteiger partial charge in [0.1, 0.15) is 0 Å². The van der Waals surface area contributed by atoms with Gasteiger partial charge in [-0.15, -0.1) is 11.8 Å². The number of aliphatic hydroxyl groups is 1. The smallest absolute Gasteiger partial charge is 0.0963 e. The Kier molecular flexibility index (Phi) is 4.25. The Hall–Kier alpha value is -0.540. The molecule has 0 saturated carbocycles. The molecule has 0 aromatic carbocycles. The van der Waals surface area contributed by atoms with Crippen LogP contribution in [0.4, 0.5) is 0 Å². The predicted octanol–water partition coefficient (Wildman–Crippen LogP) is 2.64. The van der Waals surface area contributed by atoms with E-state index in [1.807, 2.05) is 12.1 Å². The summed E-state index contributed by atoms with van der Waals surface area (Å²) in [6, 6.07) is 3.80. The summed E-state index contributed by atoms with van der Waals surface area (Å²) in [6.07, 6.45) is 2.50. The molecule has 1 aromatic heterocycles. The average molecular weight is 197 g/mol. The number of thioether (sulfide) groups is 1. The largest absolute Gasteiger partial charge is 0.389 e. The first-order valence-electron chi connectivity index (χ1n) is 4.51. The van der Waals surface area contributed by atoms with Crippen LogP contribution in [0.3, 0.4) is 0 Å². The lowest BCUT2D eigenvalue weighted by molar-refractivity contribution is 0.199. The first-order valence-corrected chi connectivity index (χ1v) is 5.49. The molecule has 1 aromatic rings. The Morgan fingerprint density at radius 3 is 3.00 bits per heavy atom. The molecule has 3 heteroatoms. The fourth-order valence-corrected chi connectivity index (χ4v) is 1.74. The third-order valence-corrected chi connectivity index (χ3v) is 2.83. The Bertz CT molecular complexity index is 263. The van der Waals surface area contributed by atoms with Crippen molar-refractivity contribution in [2.75, 3.05) is 5.75 Å². The topological polar surface area (TPSA) is 33.1 Å². The van der Waals surface area contributed by atoms with E-state index in [2.05, 4.69) is 11.9 Å². The second-order valence-electron chi connectivity index (χ2n) is 2.95. The van der Waals surface area contributed by atoms with Crippen LogP contribution in [0.1, 0.15) is 31.9 Å². The molecule has 0 aliphatic carbocycles. The third kappa shape index (κ3) is 3.36. The molecule has 1 rings (SSSR count). The van der Waals surface area contributed by atoms with Crippen LogP contribution in [0.25, 0.3) is 0 Å². The van der Waals surface area contributed by atoms with Crippen molar-refractivity contribution in [2.24, 2.45) is 0 Å². The van der Waals surface area contributed by atoms with E-state index in [0.29, 0.717) is 0 Å². The minimum atomic E-state index is -0.399. The summed E-state index contributed by atoms with van der Waals surface area (Å²) >= 11 is 1.73. The maximum atomic E-state index is 9.34. The lowest BCUT2D eigenvalue weighted by Gasteiger charge is -2.05. The summed E-state index contributed by atoms with van der Waals surface area (Å²) in [5.74, 6) is 1.08. The summed E-state index contributed by atoms with van der Waals surface area (Å²) in [7, 11) is 0. The third-order valence-electron chi connectivity index (χ3n) is 1.70. The van der Waals surface area contributed by atoms with Gasteiger partial charge < -0.3 is 5.11 Å². The fraction of sp³-hybridized carbons (Fsp3) is 0.500. The summed E-state index contributed by atoms with van der Waals surface area (Å²) in [4.78, 5) is 4.21. The van der Waals surface area contributed by atoms with Crippen molar-refractivity contribution in [3.05, 3.63) is 23.9 Å². The number of nitrogens with zero attached hydrogens (tertiary/aromatic N) is 1. The van der Waals surface area contributed by atoms with Gasteiger partial charge in [-0.3, -0.25) is 0 Å². The van der Waals surface area contributed by atoms with Gasteiger partial charge in [0.25, 0.3) is 0 Å². The first-order chi connectivity index (χ1) is 6.24. The zero-order valence-electron chi connectivity index (χ0n) is 8.03. The van der Waals surface area contributed by atoms with E-state index in [1.54, 1.807) is 24.9 Å². The summed E-state index contributed by atoms with van der Waals surface area (Å²) in [5.41, 5.74) is 0.939. The molecule has 1 atom stereocenters. The normalized spacial score (nSPS) is 12.8. The molecular formula is C10H15NOS. The molecule has 0 saturated heterocycles. The number of aliphatic hydroxyl groups excluding tert-OH is 1. The van der Waals surface area contributed by atoms with E-state index in [-0.39, 0.29) is 0 Å². The van der Waals surface area contributed by atoms with Crippen LogP contribution >= 0.6 is 11.8 Å². The maximum Gasteiger partial charge on any atom is 0.0963 e. The molecular weight excluding hydrogens is 182 g/mol. The predicted molar refractivity (Wildman–Crippen MR) is 55.9 cm³/mol. The Morgan fingerprint density at radius 1 is 1.62 bits per heavy atom. The Labute approximate surface area is 83.4 Å². The van der Waals surface area contributed by atoms with E-state index in [4.69, 9.17) is 0 Å². The highest BCUT2D eigenvalue weighted by molar-refractivity contribution is 7.99. The molecule has 0 radical (unpaired) electrons. The van der Waals surface area contributed by atoms with Gasteiger partial charge in [-0.2, -0.15) is 0 Å². The molecule has 0 bridgehead atoms. The summed E-state index contributed by atoms with van der Waals surface area (Å²) in [5, 5.41) is 10.3. The molecule has 0 aliphatic heterocycles. The molecule has 13 heavy (non-hydrogen) atoms. The van der Waals surface area contributed by atoms with E-state index in [9.17, 15) is 5.11 Å². The second-order valence-corrected chi connectivity index (χ2v) is 4.07. The SMILES string of the molecule is CCCSc1cc(C(C)O)ccn1. The lowest BCUT2D eigenvalue weighted by Crippen LogP contribution is -1.92. The van der Waals surface area contributed by atoms with Gasteiger partial charge in [0.05, 0.1) is 11.1 Å². The molecule has 2 nitrogen and oxygen atoms in total. The van der Waals surface area contributed by atoms with Crippen LogP contribution in [0.5, 0.6) is 0 Å². The molecule has 1 unspecified atom stereocenters. The number of rotatable bonds is 4. The van der Waals surface area contributed by atoms with Crippen molar-refractivity contribution in [1.29, 1.82) is 0 Å². The highest BCUT2D eigenvalue weighted by atomic mass is 32.2. The van der Waals surface area contributed by atoms with E-state index in [1.165, 1.54) is 0 Å². The summed E-state index contributed by atoms with van der Waals surface area (Å²) < 4.78 is 0. The number of hydrogen-bond donors (Lipinski definition) is 1. The van der Waals surface area contributed by atoms with Crippen LogP contribution in [0.2, 0.25) is 0 Å². The van der Waals surface area contributed by atoms with Gasteiger partial charge in [-0.05, 0) is 36.8 Å². The van der Waals surface area contributed by atoms with Gasteiger partial charge in [-0.25, -0.2) is 4.98 Å². The van der Waals surface area contributed by atoms with Crippen LogP contribution in [-0.2, 0) is 0 Å². The van der Waals surface area contributed by atoms with Crippen LogP contribution in [0, 0.1) is 0 Å². The molecule has 0 amide bonds. The maximum absolute atomic E-state index is 9.34. The highest BCUT2D eigenvalue weighted by Crippen LogP contribution is 2.20. The molecule has 1 heterocycles. The highest BCUT2D eigenvalue weighted by Gasteiger charge is 2.02. The van der Waals surface area contributed by atoms with Crippen LogP contribution < -0.4 is 0 Å². The van der Waals surface area contributed by atoms with Crippen molar-refractivity contribution in [3.63, 3.8) is 0 Å². The van der Waals surface area contributed by atoms with Crippen molar-refractivity contribution in [1.82, 2.24) is 4.98 Å². The standard InChI is InChI=1S/C10H15NOS/c1-3-6-13-10-7-9(8(2)12)4-5-11-10/h4-5,7-8,12H,3,6H2,1-2H3. The quantitative estimate of drug-likeness (QED) is 0.753. The zero-order chi connectivity index (χ0) is 9.68. The molecule has 0 aliphatic rings. The van der Waals surface area contributed by atoms with Crippen molar-refractivity contribution in [2.45, 2.75) is 31.4 Å². The van der Waals surface area contributed by atoms with E-state index >= 15 is 0 Å². The second kappa shape index (κ2) is 5.25. The number of pyridine rings is 1. The monoisotopic (exact) mass is 197 g/mol. The number of hydrogen-bond acceptors (Lipinski definition) is 3. The zero-order valence-corrected chi connectivity index (χ0v) is 8.84. The summed E-state index contributed by atoms with van der Waals surface area (Å²) in [6.45, 7) is 3.91. The van der Waals surface area contributed by atoms with E-state index < -0.39 is 6.10 Å². The van der Waals surface area contributed by atoms with Gasteiger partial charge >= 0.3 is 0 Å². The minimum absolute atomic E-state index is 0.399. The number of aromatic nitrogens is 1. The van der Waals surface area contributed by atoms with Crippen molar-refractivity contribution >= 4 is 11.8 Å². The molecule has 0 fully saturated rings. The molecule has 1 N–H and O–H groups in total. The van der Waals surface area contributed by atoms with Gasteiger partial charge in [0, 0.05) is 6.20 Å². The van der Waals surface area contributed by atoms with E-state index in [0.717, 1.165) is 22.8 Å². The van der Waals surface area contributed by atoms with Gasteiger partial charge in [-0.1, -0.05) is 6.92 Å². The van der Waals surface area contributed by atoms with Crippen molar-refractivity contribution in [3.8, 4) is 0 Å². The average Bonchev–Trinajstić information content (AvgIpc) is 2.15.